The highest BCUT2D eigenvalue weighted by molar-refractivity contribution is 4.71. The molecule has 0 amide bonds. The van der Waals surface area contributed by atoms with E-state index in [9.17, 15) is 0 Å². The van der Waals surface area contributed by atoms with Crippen LogP contribution in [0.3, 0.4) is 0 Å². The van der Waals surface area contributed by atoms with E-state index in [0.717, 1.165) is 0 Å². The molecule has 0 bridgehead atoms. The fourth-order valence-corrected chi connectivity index (χ4v) is 2.00. The van der Waals surface area contributed by atoms with Gasteiger partial charge in [0.25, 0.3) is 0 Å². The highest BCUT2D eigenvalue weighted by Crippen LogP contribution is 2.16. The maximum absolute atomic E-state index is 9.00. The van der Waals surface area contributed by atoms with E-state index in [-0.39, 0.29) is 0 Å². The third-order valence-electron chi connectivity index (χ3n) is 3.05. The van der Waals surface area contributed by atoms with Crippen molar-refractivity contribution in [1.29, 1.82) is 0 Å². The highest BCUT2D eigenvalue weighted by atomic mass is 16.3. The standard InChI is InChI=1S/C11H24N2O/c1-12(2)6-3-7-13-8-4-11(10-14)5-9-13/h11,14H,3-10H2,1-2H3. The molecule has 1 saturated heterocycles. The van der Waals surface area contributed by atoms with E-state index >= 15 is 0 Å². The van der Waals surface area contributed by atoms with Crippen LogP contribution in [0, 0.1) is 5.92 Å². The van der Waals surface area contributed by atoms with Gasteiger partial charge in [0, 0.05) is 6.61 Å². The summed E-state index contributed by atoms with van der Waals surface area (Å²) in [5, 5.41) is 9.00. The smallest absolute Gasteiger partial charge is 0.0460 e. The molecule has 1 fully saturated rings. The van der Waals surface area contributed by atoms with Gasteiger partial charge >= 0.3 is 0 Å². The second-order valence-corrected chi connectivity index (χ2v) is 4.62. The van der Waals surface area contributed by atoms with Crippen molar-refractivity contribution in [3.05, 3.63) is 0 Å². The lowest BCUT2D eigenvalue weighted by Crippen LogP contribution is -2.36. The molecule has 0 unspecified atom stereocenters. The first kappa shape index (κ1) is 12.0. The largest absolute Gasteiger partial charge is 0.396 e. The first-order valence-corrected chi connectivity index (χ1v) is 5.70. The topological polar surface area (TPSA) is 26.7 Å². The molecular formula is C11H24N2O. The molecule has 1 aliphatic heterocycles. The van der Waals surface area contributed by atoms with Gasteiger partial charge in [-0.05, 0) is 65.5 Å². The summed E-state index contributed by atoms with van der Waals surface area (Å²) in [5.74, 6) is 0.570. The number of piperidine rings is 1. The predicted molar refractivity (Wildman–Crippen MR) is 59.4 cm³/mol. The number of likely N-dealkylation sites (tertiary alicyclic amines) is 1. The van der Waals surface area contributed by atoms with Crippen molar-refractivity contribution in [1.82, 2.24) is 9.80 Å². The molecule has 1 rings (SSSR count). The molecule has 0 atom stereocenters. The maximum Gasteiger partial charge on any atom is 0.0460 e. The van der Waals surface area contributed by atoms with E-state index in [1.54, 1.807) is 0 Å². The molecule has 84 valence electrons. The number of rotatable bonds is 5. The third kappa shape index (κ3) is 4.40. The lowest BCUT2D eigenvalue weighted by Gasteiger charge is -2.31. The van der Waals surface area contributed by atoms with Crippen molar-refractivity contribution in [3.63, 3.8) is 0 Å². The van der Waals surface area contributed by atoms with Crippen LogP contribution in [0.5, 0.6) is 0 Å². The Hall–Kier alpha value is -0.120. The second kappa shape index (κ2) is 6.38. The van der Waals surface area contributed by atoms with Crippen molar-refractivity contribution < 1.29 is 5.11 Å². The monoisotopic (exact) mass is 200 g/mol. The summed E-state index contributed by atoms with van der Waals surface area (Å²) in [6.45, 7) is 5.14. The molecule has 0 aliphatic carbocycles. The summed E-state index contributed by atoms with van der Waals surface area (Å²) in [6.07, 6.45) is 3.62. The van der Waals surface area contributed by atoms with E-state index in [0.29, 0.717) is 12.5 Å². The van der Waals surface area contributed by atoms with Crippen LogP contribution in [-0.4, -0.2) is 61.8 Å². The average Bonchev–Trinajstić information content (AvgIpc) is 2.18. The lowest BCUT2D eigenvalue weighted by atomic mass is 9.98. The minimum Gasteiger partial charge on any atom is -0.396 e. The van der Waals surface area contributed by atoms with Crippen molar-refractivity contribution >= 4 is 0 Å². The van der Waals surface area contributed by atoms with Crippen LogP contribution in [0.1, 0.15) is 19.3 Å². The van der Waals surface area contributed by atoms with E-state index < -0.39 is 0 Å². The van der Waals surface area contributed by atoms with Gasteiger partial charge in [0.2, 0.25) is 0 Å². The SMILES string of the molecule is CN(C)CCCN1CCC(CO)CC1. The summed E-state index contributed by atoms with van der Waals surface area (Å²) in [6, 6.07) is 0. The van der Waals surface area contributed by atoms with Crippen LogP contribution < -0.4 is 0 Å². The van der Waals surface area contributed by atoms with E-state index in [1.165, 1.54) is 45.4 Å². The fraction of sp³-hybridized carbons (Fsp3) is 1.00. The number of aliphatic hydroxyl groups is 1. The minimum atomic E-state index is 0.380. The molecule has 0 aromatic carbocycles. The first-order valence-electron chi connectivity index (χ1n) is 5.70. The molecule has 3 heteroatoms. The molecule has 1 heterocycles. The molecule has 1 aliphatic rings. The van der Waals surface area contributed by atoms with Gasteiger partial charge in [-0.25, -0.2) is 0 Å². The van der Waals surface area contributed by atoms with Crippen LogP contribution in [-0.2, 0) is 0 Å². The van der Waals surface area contributed by atoms with Crippen LogP contribution in [0.2, 0.25) is 0 Å². The molecule has 0 aromatic rings. The number of aliphatic hydroxyl groups excluding tert-OH is 1. The molecular weight excluding hydrogens is 176 g/mol. The van der Waals surface area contributed by atoms with Gasteiger partial charge in [0.1, 0.15) is 0 Å². The normalized spacial score (nSPS) is 20.6. The Balaban J connectivity index is 2.04. The van der Waals surface area contributed by atoms with Gasteiger partial charge in [-0.15, -0.1) is 0 Å². The van der Waals surface area contributed by atoms with E-state index in [4.69, 9.17) is 5.11 Å². The van der Waals surface area contributed by atoms with Gasteiger partial charge in [-0.1, -0.05) is 0 Å². The summed E-state index contributed by atoms with van der Waals surface area (Å²) in [5.41, 5.74) is 0. The summed E-state index contributed by atoms with van der Waals surface area (Å²) < 4.78 is 0. The quantitative estimate of drug-likeness (QED) is 0.705. The molecule has 0 radical (unpaired) electrons. The zero-order valence-corrected chi connectivity index (χ0v) is 9.58. The summed E-state index contributed by atoms with van der Waals surface area (Å²) >= 11 is 0. The van der Waals surface area contributed by atoms with E-state index in [1.807, 2.05) is 0 Å². The third-order valence-corrected chi connectivity index (χ3v) is 3.05. The zero-order chi connectivity index (χ0) is 10.4. The Morgan fingerprint density at radius 1 is 1.29 bits per heavy atom. The van der Waals surface area contributed by atoms with Gasteiger partial charge in [0.15, 0.2) is 0 Å². The average molecular weight is 200 g/mol. The first-order chi connectivity index (χ1) is 6.72. The number of nitrogens with zero attached hydrogens (tertiary/aromatic N) is 2. The predicted octanol–water partition coefficient (Wildman–Crippen LogP) is 0.642. The Morgan fingerprint density at radius 3 is 2.43 bits per heavy atom. The van der Waals surface area contributed by atoms with Crippen LogP contribution in [0.15, 0.2) is 0 Å². The van der Waals surface area contributed by atoms with E-state index in [2.05, 4.69) is 23.9 Å². The lowest BCUT2D eigenvalue weighted by molar-refractivity contribution is 0.129. The summed E-state index contributed by atoms with van der Waals surface area (Å²) in [4.78, 5) is 4.76. The molecule has 0 spiro atoms. The van der Waals surface area contributed by atoms with Crippen molar-refractivity contribution in [3.8, 4) is 0 Å². The van der Waals surface area contributed by atoms with Gasteiger partial charge in [0.05, 0.1) is 0 Å². The zero-order valence-electron chi connectivity index (χ0n) is 9.58. The Labute approximate surface area is 87.7 Å². The molecule has 0 saturated carbocycles. The van der Waals surface area contributed by atoms with Gasteiger partial charge in [-0.3, -0.25) is 0 Å². The van der Waals surface area contributed by atoms with Gasteiger partial charge in [-0.2, -0.15) is 0 Å². The van der Waals surface area contributed by atoms with Crippen LogP contribution in [0.4, 0.5) is 0 Å². The maximum atomic E-state index is 9.00. The number of hydrogen-bond donors (Lipinski definition) is 1. The highest BCUT2D eigenvalue weighted by Gasteiger charge is 2.17. The Bertz CT molecular complexity index is 142. The Kier molecular flexibility index (Phi) is 5.45. The van der Waals surface area contributed by atoms with Crippen molar-refractivity contribution in [2.45, 2.75) is 19.3 Å². The Morgan fingerprint density at radius 2 is 1.93 bits per heavy atom. The van der Waals surface area contributed by atoms with Crippen LogP contribution >= 0.6 is 0 Å². The molecule has 1 N–H and O–H groups in total. The summed E-state index contributed by atoms with van der Waals surface area (Å²) in [7, 11) is 4.25. The number of hydrogen-bond acceptors (Lipinski definition) is 3. The van der Waals surface area contributed by atoms with Crippen molar-refractivity contribution in [2.75, 3.05) is 46.9 Å². The molecule has 3 nitrogen and oxygen atoms in total. The van der Waals surface area contributed by atoms with Crippen LogP contribution in [0.25, 0.3) is 0 Å². The molecule has 0 aromatic heterocycles. The van der Waals surface area contributed by atoms with Crippen molar-refractivity contribution in [2.24, 2.45) is 5.92 Å². The molecule has 14 heavy (non-hydrogen) atoms. The second-order valence-electron chi connectivity index (χ2n) is 4.62. The fourth-order valence-electron chi connectivity index (χ4n) is 2.00. The minimum absolute atomic E-state index is 0.380. The van der Waals surface area contributed by atoms with Gasteiger partial charge < -0.3 is 14.9 Å².